The quantitative estimate of drug-likeness (QED) is 0.444. The molecule has 3 aromatic carbocycles. The lowest BCUT2D eigenvalue weighted by Gasteiger charge is -2.15. The van der Waals surface area contributed by atoms with E-state index in [1.165, 1.54) is 0 Å². The highest BCUT2D eigenvalue weighted by atomic mass is 79.9. The van der Waals surface area contributed by atoms with Crippen LogP contribution in [-0.4, -0.2) is 10.5 Å². The van der Waals surface area contributed by atoms with Gasteiger partial charge in [0.05, 0.1) is 21.7 Å². The fourth-order valence-corrected chi connectivity index (χ4v) is 3.89. The lowest BCUT2D eigenvalue weighted by atomic mass is 10.1. The summed E-state index contributed by atoms with van der Waals surface area (Å²) in [7, 11) is 0. The van der Waals surface area contributed by atoms with Gasteiger partial charge in [0.1, 0.15) is 6.54 Å². The minimum Gasteiger partial charge on any atom is -0.331 e. The van der Waals surface area contributed by atoms with E-state index in [4.69, 9.17) is 11.6 Å². The molecule has 0 unspecified atom stereocenters. The van der Waals surface area contributed by atoms with Crippen molar-refractivity contribution in [1.29, 1.82) is 0 Å². The molecule has 0 aliphatic heterocycles. The van der Waals surface area contributed by atoms with E-state index in [0.29, 0.717) is 21.5 Å². The average Bonchev–Trinajstić information content (AvgIpc) is 2.67. The van der Waals surface area contributed by atoms with Gasteiger partial charge in [-0.3, -0.25) is 9.59 Å². The maximum atomic E-state index is 12.8. The van der Waals surface area contributed by atoms with Crippen LogP contribution in [0.15, 0.2) is 76.0 Å². The molecule has 134 valence electrons. The van der Waals surface area contributed by atoms with Crippen molar-refractivity contribution in [2.75, 3.05) is 5.32 Å². The first-order valence-electron chi connectivity index (χ1n) is 8.30. The first kappa shape index (κ1) is 17.8. The topological polar surface area (TPSA) is 51.1 Å². The maximum absolute atomic E-state index is 12.8. The number of halogens is 2. The summed E-state index contributed by atoms with van der Waals surface area (Å²) in [6.07, 6.45) is 0. The lowest BCUT2D eigenvalue weighted by molar-refractivity contribution is -0.116. The van der Waals surface area contributed by atoms with E-state index in [-0.39, 0.29) is 17.9 Å². The van der Waals surface area contributed by atoms with Crippen molar-refractivity contribution in [3.63, 3.8) is 0 Å². The van der Waals surface area contributed by atoms with Gasteiger partial charge in [-0.25, -0.2) is 0 Å². The Morgan fingerprint density at radius 2 is 1.56 bits per heavy atom. The number of para-hydroxylation sites is 2. The number of amides is 1. The Morgan fingerprint density at radius 3 is 2.15 bits per heavy atom. The second kappa shape index (κ2) is 7.18. The van der Waals surface area contributed by atoms with E-state index in [2.05, 4.69) is 21.2 Å². The van der Waals surface area contributed by atoms with E-state index in [1.807, 2.05) is 47.0 Å². The van der Waals surface area contributed by atoms with Crippen molar-refractivity contribution >= 4 is 60.9 Å². The minimum atomic E-state index is -0.224. The number of rotatable bonds is 3. The van der Waals surface area contributed by atoms with Crippen LogP contribution in [0.5, 0.6) is 0 Å². The lowest BCUT2D eigenvalue weighted by Crippen LogP contribution is -2.21. The maximum Gasteiger partial charge on any atom is 0.244 e. The number of pyridine rings is 1. The number of nitrogens with zero attached hydrogens (tertiary/aromatic N) is 1. The molecular formula is C21H14BrClN2O2. The summed E-state index contributed by atoms with van der Waals surface area (Å²) in [5.74, 6) is -0.224. The Hall–Kier alpha value is -2.63. The summed E-state index contributed by atoms with van der Waals surface area (Å²) in [5, 5.41) is 4.47. The second-order valence-corrected chi connectivity index (χ2v) is 7.44. The Balaban J connectivity index is 1.79. The third-order valence-electron chi connectivity index (χ3n) is 4.39. The van der Waals surface area contributed by atoms with Crippen LogP contribution in [0.4, 0.5) is 5.69 Å². The molecule has 1 aromatic heterocycles. The molecule has 0 bridgehead atoms. The van der Waals surface area contributed by atoms with Gasteiger partial charge in [0.15, 0.2) is 5.43 Å². The van der Waals surface area contributed by atoms with Crippen molar-refractivity contribution in [1.82, 2.24) is 4.57 Å². The molecule has 4 rings (SSSR count). The largest absolute Gasteiger partial charge is 0.331 e. The van der Waals surface area contributed by atoms with Gasteiger partial charge >= 0.3 is 0 Å². The Bertz CT molecular complexity index is 1190. The van der Waals surface area contributed by atoms with Gasteiger partial charge in [0.2, 0.25) is 5.91 Å². The van der Waals surface area contributed by atoms with Crippen LogP contribution >= 0.6 is 27.5 Å². The smallest absolute Gasteiger partial charge is 0.244 e. The average molecular weight is 442 g/mol. The molecule has 1 N–H and O–H groups in total. The standard InChI is InChI=1S/C21H14BrClN2O2/c22-13-9-10-17(16(23)11-13)24-20(26)12-25-18-7-3-1-5-14(18)21(27)15-6-2-4-8-19(15)25/h1-11H,12H2,(H,24,26). The van der Waals surface area contributed by atoms with Gasteiger partial charge < -0.3 is 9.88 Å². The van der Waals surface area contributed by atoms with Gasteiger partial charge in [-0.15, -0.1) is 0 Å². The summed E-state index contributed by atoms with van der Waals surface area (Å²) in [5.41, 5.74) is 1.95. The third-order valence-corrected chi connectivity index (χ3v) is 5.19. The van der Waals surface area contributed by atoms with Crippen molar-refractivity contribution in [2.24, 2.45) is 0 Å². The van der Waals surface area contributed by atoms with Gasteiger partial charge in [0, 0.05) is 15.2 Å². The molecule has 4 nitrogen and oxygen atoms in total. The molecule has 27 heavy (non-hydrogen) atoms. The summed E-state index contributed by atoms with van der Waals surface area (Å²) in [6.45, 7) is 0.0632. The van der Waals surface area contributed by atoms with E-state index in [1.54, 1.807) is 24.3 Å². The molecule has 1 amide bonds. The van der Waals surface area contributed by atoms with Crippen molar-refractivity contribution in [3.8, 4) is 0 Å². The fourth-order valence-electron chi connectivity index (χ4n) is 3.17. The number of aromatic nitrogens is 1. The Labute approximate surface area is 168 Å². The van der Waals surface area contributed by atoms with E-state index in [0.717, 1.165) is 15.5 Å². The molecule has 0 radical (unpaired) electrons. The number of carbonyl (C=O) groups excluding carboxylic acids is 1. The molecule has 0 spiro atoms. The Morgan fingerprint density at radius 1 is 0.963 bits per heavy atom. The number of nitrogens with one attached hydrogen (secondary N) is 1. The fraction of sp³-hybridized carbons (Fsp3) is 0.0476. The van der Waals surface area contributed by atoms with Gasteiger partial charge in [-0.1, -0.05) is 51.8 Å². The summed E-state index contributed by atoms with van der Waals surface area (Å²) in [4.78, 5) is 25.5. The van der Waals surface area contributed by atoms with Crippen LogP contribution in [0.2, 0.25) is 5.02 Å². The predicted molar refractivity (Wildman–Crippen MR) is 113 cm³/mol. The highest BCUT2D eigenvalue weighted by Gasteiger charge is 2.13. The number of carbonyl (C=O) groups is 1. The van der Waals surface area contributed by atoms with Crippen LogP contribution in [-0.2, 0) is 11.3 Å². The van der Waals surface area contributed by atoms with Gasteiger partial charge in [-0.05, 0) is 42.5 Å². The van der Waals surface area contributed by atoms with Crippen molar-refractivity contribution in [2.45, 2.75) is 6.54 Å². The highest BCUT2D eigenvalue weighted by molar-refractivity contribution is 9.10. The Kier molecular flexibility index (Phi) is 4.72. The molecule has 1 heterocycles. The first-order chi connectivity index (χ1) is 13.0. The van der Waals surface area contributed by atoms with Crippen molar-refractivity contribution in [3.05, 3.63) is 86.4 Å². The SMILES string of the molecule is O=C(Cn1c2ccccc2c(=O)c2ccccc21)Nc1ccc(Br)cc1Cl. The zero-order valence-electron chi connectivity index (χ0n) is 14.1. The zero-order valence-corrected chi connectivity index (χ0v) is 16.4. The van der Waals surface area contributed by atoms with Gasteiger partial charge in [0.25, 0.3) is 0 Å². The summed E-state index contributed by atoms with van der Waals surface area (Å²) in [6, 6.07) is 19.9. The molecular weight excluding hydrogens is 428 g/mol. The molecule has 6 heteroatoms. The number of anilines is 1. The number of benzene rings is 3. The monoisotopic (exact) mass is 440 g/mol. The molecule has 0 saturated carbocycles. The van der Waals surface area contributed by atoms with Crippen molar-refractivity contribution < 1.29 is 4.79 Å². The van der Waals surface area contributed by atoms with E-state index >= 15 is 0 Å². The number of hydrogen-bond donors (Lipinski definition) is 1. The zero-order chi connectivity index (χ0) is 19.0. The van der Waals surface area contributed by atoms with Crippen LogP contribution in [0, 0.1) is 0 Å². The van der Waals surface area contributed by atoms with Crippen LogP contribution in [0.3, 0.4) is 0 Å². The van der Waals surface area contributed by atoms with E-state index < -0.39 is 0 Å². The van der Waals surface area contributed by atoms with E-state index in [9.17, 15) is 9.59 Å². The first-order valence-corrected chi connectivity index (χ1v) is 9.47. The second-order valence-electron chi connectivity index (χ2n) is 6.12. The normalized spacial score (nSPS) is 11.0. The molecule has 4 aromatic rings. The molecule has 0 aliphatic carbocycles. The molecule has 0 atom stereocenters. The van der Waals surface area contributed by atoms with Crippen LogP contribution < -0.4 is 10.7 Å². The summed E-state index contributed by atoms with van der Waals surface area (Å²) < 4.78 is 2.69. The molecule has 0 fully saturated rings. The molecule has 0 saturated heterocycles. The van der Waals surface area contributed by atoms with Crippen LogP contribution in [0.1, 0.15) is 0 Å². The third kappa shape index (κ3) is 3.36. The number of fused-ring (bicyclic) bond motifs is 2. The summed E-state index contributed by atoms with van der Waals surface area (Å²) >= 11 is 9.54. The minimum absolute atomic E-state index is 0.0335. The van der Waals surface area contributed by atoms with Crippen LogP contribution in [0.25, 0.3) is 21.8 Å². The predicted octanol–water partition coefficient (Wildman–Crippen LogP) is 5.21. The molecule has 0 aliphatic rings. The highest BCUT2D eigenvalue weighted by Crippen LogP contribution is 2.26. The number of hydrogen-bond acceptors (Lipinski definition) is 2. The van der Waals surface area contributed by atoms with Gasteiger partial charge in [-0.2, -0.15) is 0 Å².